The fourth-order valence-electron chi connectivity index (χ4n) is 2.96. The van der Waals surface area contributed by atoms with Gasteiger partial charge >= 0.3 is 0 Å². The third kappa shape index (κ3) is 3.48. The number of carbonyl (C=O) groups is 2. The normalized spacial score (nSPS) is 18.6. The summed E-state index contributed by atoms with van der Waals surface area (Å²) in [7, 11) is 1.93. The molecule has 2 rings (SSSR count). The van der Waals surface area contributed by atoms with Crippen LogP contribution in [0.3, 0.4) is 0 Å². The van der Waals surface area contributed by atoms with E-state index in [1.54, 1.807) is 6.20 Å². The summed E-state index contributed by atoms with van der Waals surface area (Å²) < 4.78 is 1.94. The SMILES string of the molecule is CCCC(=O)N1CCN(C(=O)CCC)[C@@H](c2nccn2C)C1. The van der Waals surface area contributed by atoms with E-state index in [1.807, 2.05) is 41.5 Å². The van der Waals surface area contributed by atoms with Crippen molar-refractivity contribution in [3.05, 3.63) is 18.2 Å². The number of piperazine rings is 1. The molecule has 1 aromatic rings. The minimum absolute atomic E-state index is 0.145. The predicted molar refractivity (Wildman–Crippen MR) is 84.1 cm³/mol. The van der Waals surface area contributed by atoms with Crippen LogP contribution in [0, 0.1) is 0 Å². The van der Waals surface area contributed by atoms with Gasteiger partial charge in [-0.3, -0.25) is 9.59 Å². The molecule has 0 aliphatic carbocycles. The van der Waals surface area contributed by atoms with Gasteiger partial charge in [0.25, 0.3) is 0 Å². The van der Waals surface area contributed by atoms with E-state index in [1.165, 1.54) is 0 Å². The molecule has 6 heteroatoms. The van der Waals surface area contributed by atoms with Crippen LogP contribution in [-0.4, -0.2) is 50.8 Å². The van der Waals surface area contributed by atoms with Crippen LogP contribution in [0.4, 0.5) is 0 Å². The highest BCUT2D eigenvalue weighted by atomic mass is 16.2. The van der Waals surface area contributed by atoms with E-state index in [0.717, 1.165) is 18.7 Å². The fraction of sp³-hybridized carbons (Fsp3) is 0.688. The second kappa shape index (κ2) is 7.42. The molecule has 0 bridgehead atoms. The van der Waals surface area contributed by atoms with Gasteiger partial charge in [0, 0.05) is 51.9 Å². The van der Waals surface area contributed by atoms with Crippen LogP contribution in [0.15, 0.2) is 12.4 Å². The summed E-state index contributed by atoms with van der Waals surface area (Å²) in [5.41, 5.74) is 0. The predicted octanol–water partition coefficient (Wildman–Crippen LogP) is 1.73. The molecule has 0 saturated carbocycles. The van der Waals surface area contributed by atoms with E-state index in [4.69, 9.17) is 0 Å². The van der Waals surface area contributed by atoms with Gasteiger partial charge in [-0.2, -0.15) is 0 Å². The van der Waals surface area contributed by atoms with Crippen molar-refractivity contribution in [3.63, 3.8) is 0 Å². The zero-order valence-corrected chi connectivity index (χ0v) is 13.8. The van der Waals surface area contributed by atoms with E-state index in [0.29, 0.717) is 32.5 Å². The van der Waals surface area contributed by atoms with Crippen molar-refractivity contribution < 1.29 is 9.59 Å². The molecule has 1 saturated heterocycles. The van der Waals surface area contributed by atoms with Crippen molar-refractivity contribution in [1.82, 2.24) is 19.4 Å². The maximum atomic E-state index is 12.4. The van der Waals surface area contributed by atoms with Gasteiger partial charge in [-0.25, -0.2) is 4.98 Å². The van der Waals surface area contributed by atoms with Crippen LogP contribution in [-0.2, 0) is 16.6 Å². The summed E-state index contributed by atoms with van der Waals surface area (Å²) in [5, 5.41) is 0. The molecule has 2 amide bonds. The van der Waals surface area contributed by atoms with Crippen LogP contribution in [0.5, 0.6) is 0 Å². The first-order valence-electron chi connectivity index (χ1n) is 8.12. The molecule has 22 heavy (non-hydrogen) atoms. The molecule has 1 aliphatic rings. The second-order valence-electron chi connectivity index (χ2n) is 5.84. The molecule has 2 heterocycles. The Bertz CT molecular complexity index is 526. The smallest absolute Gasteiger partial charge is 0.223 e. The Balaban J connectivity index is 2.20. The Kier molecular flexibility index (Phi) is 5.57. The Morgan fingerprint density at radius 3 is 2.45 bits per heavy atom. The van der Waals surface area contributed by atoms with Crippen molar-refractivity contribution in [2.75, 3.05) is 19.6 Å². The number of aromatic nitrogens is 2. The molecule has 0 aromatic carbocycles. The van der Waals surface area contributed by atoms with Crippen molar-refractivity contribution in [2.24, 2.45) is 7.05 Å². The summed E-state index contributed by atoms with van der Waals surface area (Å²) in [6, 6.07) is -0.145. The van der Waals surface area contributed by atoms with Gasteiger partial charge in [-0.15, -0.1) is 0 Å². The topological polar surface area (TPSA) is 58.4 Å². The van der Waals surface area contributed by atoms with Gasteiger partial charge in [0.2, 0.25) is 11.8 Å². The molecular weight excluding hydrogens is 280 g/mol. The molecule has 6 nitrogen and oxygen atoms in total. The average molecular weight is 306 g/mol. The van der Waals surface area contributed by atoms with E-state index < -0.39 is 0 Å². The standard InChI is InChI=1S/C16H26N4O2/c1-4-6-14(21)19-10-11-20(15(22)7-5-2)13(12-19)16-17-8-9-18(16)3/h8-9,13H,4-7,10-12H2,1-3H3/t13-/m1/s1. The van der Waals surface area contributed by atoms with Gasteiger partial charge < -0.3 is 14.4 Å². The number of carbonyl (C=O) groups excluding carboxylic acids is 2. The maximum Gasteiger partial charge on any atom is 0.223 e. The molecule has 0 N–H and O–H groups in total. The molecular formula is C16H26N4O2. The third-order valence-corrected chi connectivity index (χ3v) is 4.14. The molecule has 1 fully saturated rings. The van der Waals surface area contributed by atoms with E-state index in [9.17, 15) is 9.59 Å². The molecule has 1 atom stereocenters. The molecule has 122 valence electrons. The van der Waals surface area contributed by atoms with Gasteiger partial charge in [0.15, 0.2) is 0 Å². The minimum Gasteiger partial charge on any atom is -0.338 e. The summed E-state index contributed by atoms with van der Waals surface area (Å²) in [4.78, 5) is 32.8. The van der Waals surface area contributed by atoms with Crippen LogP contribution in [0.25, 0.3) is 0 Å². The summed E-state index contributed by atoms with van der Waals surface area (Å²) in [5.74, 6) is 1.17. The monoisotopic (exact) mass is 306 g/mol. The highest BCUT2D eigenvalue weighted by Gasteiger charge is 2.34. The Morgan fingerprint density at radius 1 is 1.18 bits per heavy atom. The first-order valence-corrected chi connectivity index (χ1v) is 8.12. The van der Waals surface area contributed by atoms with Crippen molar-refractivity contribution in [1.29, 1.82) is 0 Å². The van der Waals surface area contributed by atoms with Crippen LogP contribution >= 0.6 is 0 Å². The first kappa shape index (κ1) is 16.5. The lowest BCUT2D eigenvalue weighted by molar-refractivity contribution is -0.143. The van der Waals surface area contributed by atoms with E-state index in [2.05, 4.69) is 4.98 Å². The van der Waals surface area contributed by atoms with E-state index >= 15 is 0 Å². The van der Waals surface area contributed by atoms with Gasteiger partial charge in [-0.1, -0.05) is 13.8 Å². The Hall–Kier alpha value is -1.85. The number of hydrogen-bond acceptors (Lipinski definition) is 3. The van der Waals surface area contributed by atoms with Gasteiger partial charge in [0.1, 0.15) is 11.9 Å². The van der Waals surface area contributed by atoms with Crippen molar-refractivity contribution >= 4 is 11.8 Å². The molecule has 0 unspecified atom stereocenters. The fourth-order valence-corrected chi connectivity index (χ4v) is 2.96. The number of amides is 2. The van der Waals surface area contributed by atoms with Crippen molar-refractivity contribution in [3.8, 4) is 0 Å². The molecule has 1 aliphatic heterocycles. The summed E-state index contributed by atoms with van der Waals surface area (Å²) in [6.07, 6.45) is 6.41. The van der Waals surface area contributed by atoms with Crippen LogP contribution in [0.2, 0.25) is 0 Å². The largest absolute Gasteiger partial charge is 0.338 e. The highest BCUT2D eigenvalue weighted by Crippen LogP contribution is 2.25. The molecule has 1 aromatic heterocycles. The minimum atomic E-state index is -0.145. The zero-order valence-electron chi connectivity index (χ0n) is 13.8. The lowest BCUT2D eigenvalue weighted by Gasteiger charge is -2.41. The quantitative estimate of drug-likeness (QED) is 0.832. The third-order valence-electron chi connectivity index (χ3n) is 4.14. The lowest BCUT2D eigenvalue weighted by atomic mass is 10.1. The summed E-state index contributed by atoms with van der Waals surface area (Å²) in [6.45, 7) is 5.77. The van der Waals surface area contributed by atoms with Crippen LogP contribution < -0.4 is 0 Å². The number of rotatable bonds is 5. The number of hydrogen-bond donors (Lipinski definition) is 0. The number of nitrogens with zero attached hydrogens (tertiary/aromatic N) is 4. The average Bonchev–Trinajstić information content (AvgIpc) is 2.93. The Labute approximate surface area is 132 Å². The van der Waals surface area contributed by atoms with E-state index in [-0.39, 0.29) is 17.9 Å². The van der Waals surface area contributed by atoms with Crippen molar-refractivity contribution in [2.45, 2.75) is 45.6 Å². The molecule has 0 spiro atoms. The highest BCUT2D eigenvalue weighted by molar-refractivity contribution is 5.79. The second-order valence-corrected chi connectivity index (χ2v) is 5.84. The van der Waals surface area contributed by atoms with Gasteiger partial charge in [0.05, 0.1) is 0 Å². The maximum absolute atomic E-state index is 12.4. The number of imidazole rings is 1. The lowest BCUT2D eigenvalue weighted by Crippen LogP contribution is -2.52. The Morgan fingerprint density at radius 2 is 1.86 bits per heavy atom. The zero-order chi connectivity index (χ0) is 16.1. The van der Waals surface area contributed by atoms with Gasteiger partial charge in [-0.05, 0) is 12.8 Å². The summed E-state index contributed by atoms with van der Waals surface area (Å²) >= 11 is 0. The number of aryl methyl sites for hydroxylation is 1. The first-order chi connectivity index (χ1) is 10.6. The van der Waals surface area contributed by atoms with Crippen LogP contribution in [0.1, 0.15) is 51.4 Å². The molecule has 0 radical (unpaired) electrons.